The maximum atomic E-state index is 12.7. The number of ketones is 1. The number of carbonyl (C=O) groups excluding carboxylic acids is 1. The number of hydrogen-bond donors (Lipinski definition) is 2. The molecular formula is C16H23NO2. The predicted octanol–water partition coefficient (Wildman–Crippen LogP) is 2.67. The highest BCUT2D eigenvalue weighted by atomic mass is 16.3. The molecule has 0 amide bonds. The van der Waals surface area contributed by atoms with Crippen molar-refractivity contribution in [3.05, 3.63) is 29.8 Å². The van der Waals surface area contributed by atoms with Crippen molar-refractivity contribution in [3.63, 3.8) is 0 Å². The molecule has 2 rings (SSSR count). The molecule has 1 heterocycles. The molecule has 1 aliphatic rings. The maximum Gasteiger partial charge on any atom is 0.143 e. The van der Waals surface area contributed by atoms with Crippen molar-refractivity contribution in [2.75, 3.05) is 13.1 Å². The topological polar surface area (TPSA) is 49.3 Å². The number of nitrogens with one attached hydrogen (secondary N) is 1. The van der Waals surface area contributed by atoms with Crippen LogP contribution >= 0.6 is 0 Å². The van der Waals surface area contributed by atoms with Gasteiger partial charge in [0.1, 0.15) is 11.5 Å². The van der Waals surface area contributed by atoms with Gasteiger partial charge in [-0.2, -0.15) is 0 Å². The summed E-state index contributed by atoms with van der Waals surface area (Å²) in [7, 11) is 0. The molecule has 1 aromatic rings. The molecule has 1 aliphatic heterocycles. The van der Waals surface area contributed by atoms with Crippen LogP contribution in [0.2, 0.25) is 0 Å². The van der Waals surface area contributed by atoms with Gasteiger partial charge >= 0.3 is 0 Å². The smallest absolute Gasteiger partial charge is 0.143 e. The second kappa shape index (κ2) is 6.20. The van der Waals surface area contributed by atoms with E-state index in [9.17, 15) is 9.90 Å². The minimum absolute atomic E-state index is 0.147. The quantitative estimate of drug-likeness (QED) is 0.856. The normalized spacial score (nSPS) is 18.2. The molecule has 3 heteroatoms. The first-order valence-electron chi connectivity index (χ1n) is 7.18. The molecule has 0 saturated carbocycles. The third-order valence-electron chi connectivity index (χ3n) is 4.16. The SMILES string of the molecule is CCCC1(C(=O)Cc2cccc(O)c2)CCNCC1. The first-order chi connectivity index (χ1) is 9.16. The second-order valence-electron chi connectivity index (χ2n) is 5.55. The van der Waals surface area contributed by atoms with Crippen LogP contribution in [0.5, 0.6) is 5.75 Å². The van der Waals surface area contributed by atoms with Crippen LogP contribution in [-0.4, -0.2) is 24.0 Å². The van der Waals surface area contributed by atoms with E-state index in [1.165, 1.54) is 0 Å². The Balaban J connectivity index is 2.11. The molecule has 0 radical (unpaired) electrons. The Morgan fingerprint density at radius 3 is 2.74 bits per heavy atom. The van der Waals surface area contributed by atoms with Gasteiger partial charge in [-0.25, -0.2) is 0 Å². The van der Waals surface area contributed by atoms with Crippen LogP contribution in [0.25, 0.3) is 0 Å². The van der Waals surface area contributed by atoms with Gasteiger partial charge < -0.3 is 10.4 Å². The Labute approximate surface area is 115 Å². The van der Waals surface area contributed by atoms with Gasteiger partial charge in [-0.05, 0) is 50.0 Å². The summed E-state index contributed by atoms with van der Waals surface area (Å²) in [4.78, 5) is 12.7. The summed E-state index contributed by atoms with van der Waals surface area (Å²) in [5.74, 6) is 0.571. The van der Waals surface area contributed by atoms with Gasteiger partial charge in [0.2, 0.25) is 0 Å². The molecule has 1 aromatic carbocycles. The minimum Gasteiger partial charge on any atom is -0.508 e. The van der Waals surface area contributed by atoms with Crippen LogP contribution in [0.4, 0.5) is 0 Å². The first kappa shape index (κ1) is 14.1. The first-order valence-corrected chi connectivity index (χ1v) is 7.18. The van der Waals surface area contributed by atoms with Gasteiger partial charge in [0.05, 0.1) is 0 Å². The van der Waals surface area contributed by atoms with Crippen molar-refractivity contribution in [2.45, 2.75) is 39.0 Å². The molecule has 0 spiro atoms. The van der Waals surface area contributed by atoms with Crippen molar-refractivity contribution in [1.29, 1.82) is 0 Å². The maximum absolute atomic E-state index is 12.7. The molecule has 0 atom stereocenters. The van der Waals surface area contributed by atoms with Crippen molar-refractivity contribution in [3.8, 4) is 5.75 Å². The molecule has 1 saturated heterocycles. The highest BCUT2D eigenvalue weighted by Gasteiger charge is 2.37. The van der Waals surface area contributed by atoms with Gasteiger partial charge in [-0.3, -0.25) is 4.79 Å². The largest absolute Gasteiger partial charge is 0.508 e. The lowest BCUT2D eigenvalue weighted by atomic mass is 9.70. The number of phenolic OH excluding ortho intramolecular Hbond substituents is 1. The third-order valence-corrected chi connectivity index (χ3v) is 4.16. The van der Waals surface area contributed by atoms with Gasteiger partial charge in [0.15, 0.2) is 0 Å². The summed E-state index contributed by atoms with van der Waals surface area (Å²) in [6.07, 6.45) is 4.35. The van der Waals surface area contributed by atoms with E-state index < -0.39 is 0 Å². The number of carbonyl (C=O) groups is 1. The Morgan fingerprint density at radius 1 is 1.37 bits per heavy atom. The molecule has 19 heavy (non-hydrogen) atoms. The van der Waals surface area contributed by atoms with Crippen molar-refractivity contribution in [2.24, 2.45) is 5.41 Å². The molecule has 3 nitrogen and oxygen atoms in total. The molecule has 2 N–H and O–H groups in total. The lowest BCUT2D eigenvalue weighted by molar-refractivity contribution is -0.130. The molecule has 1 fully saturated rings. The Morgan fingerprint density at radius 2 is 2.11 bits per heavy atom. The predicted molar refractivity (Wildman–Crippen MR) is 76.3 cm³/mol. The van der Waals surface area contributed by atoms with E-state index in [2.05, 4.69) is 12.2 Å². The monoisotopic (exact) mass is 261 g/mol. The zero-order valence-corrected chi connectivity index (χ0v) is 11.6. The number of phenols is 1. The Bertz CT molecular complexity index is 431. The van der Waals surface area contributed by atoms with Gasteiger partial charge in [-0.15, -0.1) is 0 Å². The number of piperidine rings is 1. The van der Waals surface area contributed by atoms with Crippen LogP contribution in [0.3, 0.4) is 0 Å². The number of benzene rings is 1. The molecule has 0 aliphatic carbocycles. The molecule has 0 bridgehead atoms. The number of aromatic hydroxyl groups is 1. The zero-order valence-electron chi connectivity index (χ0n) is 11.6. The van der Waals surface area contributed by atoms with Crippen LogP contribution in [0, 0.1) is 5.41 Å². The number of rotatable bonds is 5. The summed E-state index contributed by atoms with van der Waals surface area (Å²) in [5.41, 5.74) is 0.768. The van der Waals surface area contributed by atoms with Crippen LogP contribution < -0.4 is 5.32 Å². The highest BCUT2D eigenvalue weighted by molar-refractivity contribution is 5.87. The third kappa shape index (κ3) is 3.35. The Kier molecular flexibility index (Phi) is 4.59. The van der Waals surface area contributed by atoms with Crippen molar-refractivity contribution < 1.29 is 9.90 Å². The van der Waals surface area contributed by atoms with E-state index in [-0.39, 0.29) is 11.2 Å². The average Bonchev–Trinajstić information content (AvgIpc) is 2.40. The highest BCUT2D eigenvalue weighted by Crippen LogP contribution is 2.36. The van der Waals surface area contributed by atoms with E-state index >= 15 is 0 Å². The van der Waals surface area contributed by atoms with E-state index in [1.54, 1.807) is 18.2 Å². The summed E-state index contributed by atoms with van der Waals surface area (Å²) < 4.78 is 0. The molecular weight excluding hydrogens is 238 g/mol. The minimum atomic E-state index is -0.147. The molecule has 104 valence electrons. The van der Waals surface area contributed by atoms with Gasteiger partial charge in [-0.1, -0.05) is 25.5 Å². The van der Waals surface area contributed by atoms with Crippen LogP contribution in [0.15, 0.2) is 24.3 Å². The molecule has 0 aromatic heterocycles. The number of hydrogen-bond acceptors (Lipinski definition) is 3. The standard InChI is InChI=1S/C16H23NO2/c1-2-6-16(7-9-17-10-8-16)15(19)12-13-4-3-5-14(18)11-13/h3-5,11,17-18H,2,6-10,12H2,1H3. The molecule has 0 unspecified atom stereocenters. The average molecular weight is 261 g/mol. The van der Waals surface area contributed by atoms with Crippen molar-refractivity contribution in [1.82, 2.24) is 5.32 Å². The van der Waals surface area contributed by atoms with Crippen molar-refractivity contribution >= 4 is 5.78 Å². The van der Waals surface area contributed by atoms with E-state index in [1.807, 2.05) is 6.07 Å². The van der Waals surface area contributed by atoms with E-state index in [0.717, 1.165) is 44.3 Å². The lowest BCUT2D eigenvalue weighted by Gasteiger charge is -2.36. The van der Waals surface area contributed by atoms with Gasteiger partial charge in [0, 0.05) is 11.8 Å². The van der Waals surface area contributed by atoms with Crippen LogP contribution in [0.1, 0.15) is 38.2 Å². The zero-order chi connectivity index (χ0) is 13.7. The fourth-order valence-electron chi connectivity index (χ4n) is 3.09. The second-order valence-corrected chi connectivity index (χ2v) is 5.55. The Hall–Kier alpha value is -1.35. The summed E-state index contributed by atoms with van der Waals surface area (Å²) in [6, 6.07) is 7.05. The fourth-order valence-corrected chi connectivity index (χ4v) is 3.09. The fraction of sp³-hybridized carbons (Fsp3) is 0.562. The number of Topliss-reactive ketones (excluding diaryl/α,β-unsaturated/α-hetero) is 1. The van der Waals surface area contributed by atoms with E-state index in [4.69, 9.17) is 0 Å². The van der Waals surface area contributed by atoms with E-state index in [0.29, 0.717) is 12.2 Å². The summed E-state index contributed by atoms with van der Waals surface area (Å²) in [6.45, 7) is 4.02. The van der Waals surface area contributed by atoms with Gasteiger partial charge in [0.25, 0.3) is 0 Å². The summed E-state index contributed by atoms with van der Waals surface area (Å²) >= 11 is 0. The van der Waals surface area contributed by atoms with Crippen LogP contribution in [-0.2, 0) is 11.2 Å². The summed E-state index contributed by atoms with van der Waals surface area (Å²) in [5, 5.41) is 12.8. The lowest BCUT2D eigenvalue weighted by Crippen LogP contribution is -2.42.